The number of rotatable bonds is 3. The number of hydrogen-bond donors (Lipinski definition) is 0. The first-order chi connectivity index (χ1) is 9.31. The van der Waals surface area contributed by atoms with Crippen molar-refractivity contribution < 1.29 is 22.5 Å². The minimum atomic E-state index is -4.68. The van der Waals surface area contributed by atoms with Crippen molar-refractivity contribution in [1.29, 1.82) is 0 Å². The average Bonchev–Trinajstić information content (AvgIpc) is 2.65. The van der Waals surface area contributed by atoms with Crippen molar-refractivity contribution in [3.05, 3.63) is 18.2 Å². The molecule has 0 spiro atoms. The summed E-state index contributed by atoms with van der Waals surface area (Å²) >= 11 is 1.36. The number of benzene rings is 1. The van der Waals surface area contributed by atoms with E-state index in [4.69, 9.17) is 6.42 Å². The summed E-state index contributed by atoms with van der Waals surface area (Å²) in [5.74, 6) is 2.30. The predicted molar refractivity (Wildman–Crippen MR) is 71.8 cm³/mol. The smallest absolute Gasteiger partial charge is 0.406 e. The number of anilines is 1. The van der Waals surface area contributed by atoms with Crippen LogP contribution in [0.15, 0.2) is 18.2 Å². The predicted octanol–water partition coefficient (Wildman–Crippen LogP) is 2.69. The van der Waals surface area contributed by atoms with Crippen molar-refractivity contribution >= 4 is 26.7 Å². The molecule has 0 radical (unpaired) electrons. The highest BCUT2D eigenvalue weighted by Crippen LogP contribution is 2.31. The van der Waals surface area contributed by atoms with Gasteiger partial charge in [0.05, 0.1) is 18.8 Å². The molecule has 20 heavy (non-hydrogen) atoms. The van der Waals surface area contributed by atoms with E-state index in [1.807, 2.05) is 23.6 Å². The van der Waals surface area contributed by atoms with Gasteiger partial charge in [-0.3, -0.25) is 0 Å². The quantitative estimate of drug-likeness (QED) is 0.640. The molecule has 1 aromatic heterocycles. The molecule has 0 unspecified atom stereocenters. The molecular weight excluding hydrogens is 289 g/mol. The Bertz CT molecular complexity index is 673. The fourth-order valence-corrected chi connectivity index (χ4v) is 3.00. The van der Waals surface area contributed by atoms with Crippen LogP contribution < -0.4 is 14.2 Å². The summed E-state index contributed by atoms with van der Waals surface area (Å²) in [5.41, 5.74) is 0.823. The van der Waals surface area contributed by atoms with Crippen LogP contribution in [0.3, 0.4) is 0 Å². The van der Waals surface area contributed by atoms with E-state index < -0.39 is 6.36 Å². The van der Waals surface area contributed by atoms with Gasteiger partial charge in [-0.15, -0.1) is 19.6 Å². The molecule has 0 fully saturated rings. The Balaban J connectivity index is 2.42. The van der Waals surface area contributed by atoms with Gasteiger partial charge in [0, 0.05) is 6.07 Å². The van der Waals surface area contributed by atoms with E-state index in [0.29, 0.717) is 11.2 Å². The number of hydrogen-bond acceptors (Lipinski definition) is 3. The molecule has 2 rings (SSSR count). The van der Waals surface area contributed by atoms with E-state index in [1.54, 1.807) is 6.07 Å². The van der Waals surface area contributed by atoms with Crippen LogP contribution in [0.1, 0.15) is 0 Å². The van der Waals surface area contributed by atoms with Gasteiger partial charge >= 0.3 is 11.5 Å². The van der Waals surface area contributed by atoms with Gasteiger partial charge in [-0.25, -0.2) is 9.47 Å². The Kier molecular flexibility index (Phi) is 3.77. The molecule has 0 saturated carbocycles. The van der Waals surface area contributed by atoms with Crippen LogP contribution in [0, 0.1) is 12.3 Å². The van der Waals surface area contributed by atoms with Gasteiger partial charge in [0.15, 0.2) is 0 Å². The summed E-state index contributed by atoms with van der Waals surface area (Å²) in [6, 6.07) is 4.27. The second kappa shape index (κ2) is 5.21. The number of aryl methyl sites for hydroxylation is 1. The summed E-state index contributed by atoms with van der Waals surface area (Å²) < 4.78 is 43.1. The summed E-state index contributed by atoms with van der Waals surface area (Å²) in [5, 5.41) is 0.863. The number of aromatic nitrogens is 1. The lowest BCUT2D eigenvalue weighted by molar-refractivity contribution is -0.628. The lowest BCUT2D eigenvalue weighted by atomic mass is 10.3. The zero-order valence-electron chi connectivity index (χ0n) is 10.9. The Labute approximate surface area is 118 Å². The third-order valence-corrected chi connectivity index (χ3v) is 3.98. The average molecular weight is 301 g/mol. The van der Waals surface area contributed by atoms with Gasteiger partial charge in [0.25, 0.3) is 0 Å². The van der Waals surface area contributed by atoms with Crippen LogP contribution in [0.2, 0.25) is 0 Å². The number of fused-ring (bicyclic) bond motifs is 1. The summed E-state index contributed by atoms with van der Waals surface area (Å²) in [4.78, 5) is 1.86. The first-order valence-electron chi connectivity index (χ1n) is 5.65. The Morgan fingerprint density at radius 2 is 2.15 bits per heavy atom. The first-order valence-corrected chi connectivity index (χ1v) is 6.46. The zero-order valence-corrected chi connectivity index (χ0v) is 11.7. The van der Waals surface area contributed by atoms with E-state index in [-0.39, 0.29) is 5.75 Å². The number of terminal acetylenes is 1. The van der Waals surface area contributed by atoms with Crippen molar-refractivity contribution in [2.24, 2.45) is 7.05 Å². The topological polar surface area (TPSA) is 16.4 Å². The summed E-state index contributed by atoms with van der Waals surface area (Å²) in [6.07, 6.45) is 0.579. The van der Waals surface area contributed by atoms with Crippen LogP contribution in [-0.4, -0.2) is 20.0 Å². The molecule has 1 heterocycles. The van der Waals surface area contributed by atoms with Crippen LogP contribution in [0.4, 0.5) is 18.3 Å². The maximum atomic E-state index is 12.2. The number of ether oxygens (including phenoxy) is 1. The molecule has 106 valence electrons. The number of thiazole rings is 1. The van der Waals surface area contributed by atoms with Crippen LogP contribution in [0.5, 0.6) is 5.75 Å². The summed E-state index contributed by atoms with van der Waals surface area (Å²) in [6.45, 7) is 0.423. The molecule has 0 aliphatic heterocycles. The maximum absolute atomic E-state index is 12.2. The van der Waals surface area contributed by atoms with E-state index in [9.17, 15) is 13.2 Å². The molecule has 2 aromatic rings. The van der Waals surface area contributed by atoms with E-state index in [0.717, 1.165) is 10.6 Å². The first kappa shape index (κ1) is 14.5. The second-order valence-corrected chi connectivity index (χ2v) is 5.19. The van der Waals surface area contributed by atoms with Gasteiger partial charge in [0.2, 0.25) is 0 Å². The fourth-order valence-electron chi connectivity index (χ4n) is 1.86. The number of halogens is 3. The minimum absolute atomic E-state index is 0.224. The van der Waals surface area contributed by atoms with E-state index >= 15 is 0 Å². The summed E-state index contributed by atoms with van der Waals surface area (Å²) in [7, 11) is 3.67. The fraction of sp³-hybridized carbons (Fsp3) is 0.308. The third kappa shape index (κ3) is 2.96. The largest absolute Gasteiger partial charge is 0.573 e. The van der Waals surface area contributed by atoms with Crippen LogP contribution >= 0.6 is 11.3 Å². The number of alkyl halides is 3. The molecule has 7 heteroatoms. The van der Waals surface area contributed by atoms with Gasteiger partial charge < -0.3 is 4.74 Å². The Hall–Kier alpha value is -1.94. The molecule has 0 aliphatic rings. The minimum Gasteiger partial charge on any atom is -0.406 e. The maximum Gasteiger partial charge on any atom is 0.573 e. The SMILES string of the molecule is C#CCN(C)c1sc2cc(OC(F)(F)F)ccc2[n+]1C. The molecule has 0 atom stereocenters. The third-order valence-electron chi connectivity index (χ3n) is 2.67. The molecule has 0 aliphatic carbocycles. The Morgan fingerprint density at radius 1 is 1.45 bits per heavy atom. The number of nitrogens with zero attached hydrogens (tertiary/aromatic N) is 2. The molecule has 0 amide bonds. The van der Waals surface area contributed by atoms with Crippen LogP contribution in [-0.2, 0) is 7.05 Å². The molecule has 0 bridgehead atoms. The Morgan fingerprint density at radius 3 is 2.75 bits per heavy atom. The van der Waals surface area contributed by atoms with Crippen LogP contribution in [0.25, 0.3) is 10.2 Å². The second-order valence-electron chi connectivity index (χ2n) is 4.18. The highest BCUT2D eigenvalue weighted by Gasteiger charge is 2.31. The molecule has 0 saturated heterocycles. The van der Waals surface area contributed by atoms with Crippen molar-refractivity contribution in [3.8, 4) is 18.1 Å². The van der Waals surface area contributed by atoms with Gasteiger partial charge in [-0.1, -0.05) is 5.92 Å². The highest BCUT2D eigenvalue weighted by atomic mass is 32.1. The van der Waals surface area contributed by atoms with Gasteiger partial charge in [-0.2, -0.15) is 0 Å². The van der Waals surface area contributed by atoms with Crippen molar-refractivity contribution in [2.75, 3.05) is 18.5 Å². The molecule has 1 aromatic carbocycles. The van der Waals surface area contributed by atoms with Crippen molar-refractivity contribution in [2.45, 2.75) is 6.36 Å². The normalized spacial score (nSPS) is 11.4. The molecule has 3 nitrogen and oxygen atoms in total. The van der Waals surface area contributed by atoms with E-state index in [2.05, 4.69) is 10.7 Å². The van der Waals surface area contributed by atoms with Gasteiger partial charge in [0.1, 0.15) is 17.8 Å². The van der Waals surface area contributed by atoms with Gasteiger partial charge in [-0.05, 0) is 23.5 Å². The molecule has 0 N–H and O–H groups in total. The van der Waals surface area contributed by atoms with E-state index in [1.165, 1.54) is 23.5 Å². The lowest BCUT2D eigenvalue weighted by Gasteiger charge is -2.07. The standard InChI is InChI=1S/C13H12F3N2OS/c1-4-7-17(2)12-18(3)10-6-5-9(8-11(10)20-12)19-13(14,15)16/h1,5-6,8H,7H2,2-3H3/q+1. The zero-order chi connectivity index (χ0) is 14.9. The monoisotopic (exact) mass is 301 g/mol. The highest BCUT2D eigenvalue weighted by molar-refractivity contribution is 7.21. The lowest BCUT2D eigenvalue weighted by Crippen LogP contribution is -2.35. The molecular formula is C13H12F3N2OS+. The van der Waals surface area contributed by atoms with Crippen molar-refractivity contribution in [3.63, 3.8) is 0 Å². The van der Waals surface area contributed by atoms with Crippen molar-refractivity contribution in [1.82, 2.24) is 0 Å².